The maximum Gasteiger partial charge on any atom is 0.0736 e. The molecule has 2 aromatic heterocycles. The van der Waals surface area contributed by atoms with E-state index in [-0.39, 0.29) is 6.04 Å². The Labute approximate surface area is 76.6 Å². The molecule has 0 radical (unpaired) electrons. The first-order chi connectivity index (χ1) is 6.27. The van der Waals surface area contributed by atoms with Gasteiger partial charge in [0.05, 0.1) is 11.2 Å². The molecule has 0 amide bonds. The maximum atomic E-state index is 5.73. The van der Waals surface area contributed by atoms with E-state index < -0.39 is 0 Å². The van der Waals surface area contributed by atoms with Crippen molar-refractivity contribution in [2.75, 3.05) is 0 Å². The van der Waals surface area contributed by atoms with Crippen LogP contribution in [0.2, 0.25) is 0 Å². The van der Waals surface area contributed by atoms with Crippen molar-refractivity contribution in [1.29, 1.82) is 0 Å². The van der Waals surface area contributed by atoms with Crippen LogP contribution in [0.1, 0.15) is 18.7 Å². The lowest BCUT2D eigenvalue weighted by Gasteiger charge is -2.04. The highest BCUT2D eigenvalue weighted by Crippen LogP contribution is 2.13. The van der Waals surface area contributed by atoms with Gasteiger partial charge in [-0.3, -0.25) is 9.97 Å². The van der Waals surface area contributed by atoms with Gasteiger partial charge in [-0.1, -0.05) is 0 Å². The third-order valence-electron chi connectivity index (χ3n) is 1.98. The summed E-state index contributed by atoms with van der Waals surface area (Å²) in [6.45, 7) is 1.93. The van der Waals surface area contributed by atoms with Gasteiger partial charge in [-0.15, -0.1) is 0 Å². The van der Waals surface area contributed by atoms with Crippen molar-refractivity contribution in [2.24, 2.45) is 5.73 Å². The van der Waals surface area contributed by atoms with E-state index >= 15 is 0 Å². The van der Waals surface area contributed by atoms with E-state index in [1.165, 1.54) is 0 Å². The van der Waals surface area contributed by atoms with Gasteiger partial charge in [0.15, 0.2) is 0 Å². The molecular formula is C10H11N3. The summed E-state index contributed by atoms with van der Waals surface area (Å²) in [6.07, 6.45) is 3.54. The summed E-state index contributed by atoms with van der Waals surface area (Å²) < 4.78 is 0. The van der Waals surface area contributed by atoms with E-state index in [2.05, 4.69) is 9.97 Å². The molecule has 2 rings (SSSR count). The van der Waals surface area contributed by atoms with Crippen molar-refractivity contribution in [3.05, 3.63) is 36.3 Å². The lowest BCUT2D eigenvalue weighted by Crippen LogP contribution is -2.06. The molecule has 3 heteroatoms. The molecule has 0 saturated carbocycles. The number of fused-ring (bicyclic) bond motifs is 1. The molecule has 0 bridgehead atoms. The average molecular weight is 173 g/mol. The summed E-state index contributed by atoms with van der Waals surface area (Å²) >= 11 is 0. The molecule has 0 fully saturated rings. The summed E-state index contributed by atoms with van der Waals surface area (Å²) in [5.74, 6) is 0. The standard InChI is InChI=1S/C10H11N3/c1-7(11)9-3-2-8-6-12-5-4-10(8)13-9/h2-7H,11H2,1H3/t7-/m0/s1. The fourth-order valence-electron chi connectivity index (χ4n) is 1.23. The van der Waals surface area contributed by atoms with Gasteiger partial charge in [0.25, 0.3) is 0 Å². The minimum Gasteiger partial charge on any atom is -0.323 e. The van der Waals surface area contributed by atoms with Crippen LogP contribution in [0, 0.1) is 0 Å². The number of hydrogen-bond donors (Lipinski definition) is 1. The van der Waals surface area contributed by atoms with E-state index in [1.54, 1.807) is 12.4 Å². The lowest BCUT2D eigenvalue weighted by molar-refractivity contribution is 0.787. The Kier molecular flexibility index (Phi) is 1.94. The van der Waals surface area contributed by atoms with E-state index in [0.717, 1.165) is 16.6 Å². The number of nitrogens with zero attached hydrogens (tertiary/aromatic N) is 2. The van der Waals surface area contributed by atoms with Crippen molar-refractivity contribution >= 4 is 10.9 Å². The van der Waals surface area contributed by atoms with Gasteiger partial charge >= 0.3 is 0 Å². The number of nitrogens with two attached hydrogens (primary N) is 1. The van der Waals surface area contributed by atoms with E-state index in [0.29, 0.717) is 0 Å². The summed E-state index contributed by atoms with van der Waals surface area (Å²) in [5, 5.41) is 1.05. The molecule has 0 aromatic carbocycles. The SMILES string of the molecule is C[C@H](N)c1ccc2cnccc2n1. The van der Waals surface area contributed by atoms with Crippen LogP contribution in [0.3, 0.4) is 0 Å². The number of rotatable bonds is 1. The van der Waals surface area contributed by atoms with Crippen LogP contribution in [0.4, 0.5) is 0 Å². The number of hydrogen-bond acceptors (Lipinski definition) is 3. The summed E-state index contributed by atoms with van der Waals surface area (Å²) in [5.41, 5.74) is 7.59. The Morgan fingerprint density at radius 3 is 2.92 bits per heavy atom. The van der Waals surface area contributed by atoms with Crippen LogP contribution in [-0.2, 0) is 0 Å². The fourth-order valence-corrected chi connectivity index (χ4v) is 1.23. The first-order valence-electron chi connectivity index (χ1n) is 4.23. The van der Waals surface area contributed by atoms with Gasteiger partial charge in [-0.25, -0.2) is 0 Å². The third kappa shape index (κ3) is 1.51. The van der Waals surface area contributed by atoms with Crippen LogP contribution >= 0.6 is 0 Å². The van der Waals surface area contributed by atoms with Crippen LogP contribution in [0.5, 0.6) is 0 Å². The van der Waals surface area contributed by atoms with Crippen LogP contribution in [0.15, 0.2) is 30.6 Å². The Hall–Kier alpha value is -1.48. The second-order valence-electron chi connectivity index (χ2n) is 3.09. The molecule has 0 saturated heterocycles. The molecule has 0 aliphatic heterocycles. The van der Waals surface area contributed by atoms with Crippen molar-refractivity contribution in [2.45, 2.75) is 13.0 Å². The molecule has 0 spiro atoms. The van der Waals surface area contributed by atoms with E-state index in [4.69, 9.17) is 5.73 Å². The molecule has 66 valence electrons. The maximum absolute atomic E-state index is 5.73. The zero-order valence-electron chi connectivity index (χ0n) is 7.44. The quantitative estimate of drug-likeness (QED) is 0.713. The fraction of sp³-hybridized carbons (Fsp3) is 0.200. The predicted molar refractivity (Wildman–Crippen MR) is 52.1 cm³/mol. The third-order valence-corrected chi connectivity index (χ3v) is 1.98. The summed E-state index contributed by atoms with van der Waals surface area (Å²) in [4.78, 5) is 8.43. The van der Waals surface area contributed by atoms with Gasteiger partial charge in [-0.05, 0) is 25.1 Å². The van der Waals surface area contributed by atoms with Gasteiger partial charge < -0.3 is 5.73 Å². The molecule has 3 nitrogen and oxygen atoms in total. The minimum absolute atomic E-state index is 0.0161. The molecule has 2 heterocycles. The molecule has 1 atom stereocenters. The average Bonchev–Trinajstić information content (AvgIpc) is 2.17. The second-order valence-corrected chi connectivity index (χ2v) is 3.09. The monoisotopic (exact) mass is 173 g/mol. The molecule has 0 unspecified atom stereocenters. The highest BCUT2D eigenvalue weighted by molar-refractivity contribution is 5.77. The summed E-state index contributed by atoms with van der Waals surface area (Å²) in [7, 11) is 0. The highest BCUT2D eigenvalue weighted by atomic mass is 14.8. The zero-order valence-corrected chi connectivity index (χ0v) is 7.44. The van der Waals surface area contributed by atoms with E-state index in [9.17, 15) is 0 Å². The number of pyridine rings is 2. The normalized spacial score (nSPS) is 13.1. The van der Waals surface area contributed by atoms with Gasteiger partial charge in [0.2, 0.25) is 0 Å². The molecule has 2 N–H and O–H groups in total. The van der Waals surface area contributed by atoms with Crippen molar-refractivity contribution in [3.8, 4) is 0 Å². The highest BCUT2D eigenvalue weighted by Gasteiger charge is 2.01. The van der Waals surface area contributed by atoms with Gasteiger partial charge in [0.1, 0.15) is 0 Å². The minimum atomic E-state index is -0.0161. The molecular weight excluding hydrogens is 162 g/mol. The Morgan fingerprint density at radius 1 is 1.31 bits per heavy atom. The first kappa shape index (κ1) is 8.13. The lowest BCUT2D eigenvalue weighted by atomic mass is 10.2. The Bertz CT molecular complexity index is 423. The van der Waals surface area contributed by atoms with Gasteiger partial charge in [0, 0.05) is 23.8 Å². The first-order valence-corrected chi connectivity index (χ1v) is 4.23. The van der Waals surface area contributed by atoms with Gasteiger partial charge in [-0.2, -0.15) is 0 Å². The smallest absolute Gasteiger partial charge is 0.0736 e. The van der Waals surface area contributed by atoms with Crippen LogP contribution < -0.4 is 5.73 Å². The predicted octanol–water partition coefficient (Wildman–Crippen LogP) is 1.65. The Morgan fingerprint density at radius 2 is 2.15 bits per heavy atom. The largest absolute Gasteiger partial charge is 0.323 e. The zero-order chi connectivity index (χ0) is 9.26. The molecule has 0 aliphatic rings. The van der Waals surface area contributed by atoms with Crippen molar-refractivity contribution in [3.63, 3.8) is 0 Å². The Balaban J connectivity index is 2.62. The topological polar surface area (TPSA) is 51.8 Å². The van der Waals surface area contributed by atoms with Crippen LogP contribution in [-0.4, -0.2) is 9.97 Å². The summed E-state index contributed by atoms with van der Waals surface area (Å²) in [6, 6.07) is 5.81. The van der Waals surface area contributed by atoms with E-state index in [1.807, 2.05) is 25.1 Å². The molecule has 13 heavy (non-hydrogen) atoms. The molecule has 0 aliphatic carbocycles. The van der Waals surface area contributed by atoms with Crippen molar-refractivity contribution < 1.29 is 0 Å². The second kappa shape index (κ2) is 3.11. The molecule has 2 aromatic rings. The number of aromatic nitrogens is 2. The van der Waals surface area contributed by atoms with Crippen molar-refractivity contribution in [1.82, 2.24) is 9.97 Å². The van der Waals surface area contributed by atoms with Crippen LogP contribution in [0.25, 0.3) is 10.9 Å².